The van der Waals surface area contributed by atoms with Crippen LogP contribution in [0.2, 0.25) is 0 Å². The highest BCUT2D eigenvalue weighted by Gasteiger charge is 2.89. The Morgan fingerprint density at radius 3 is 2.04 bits per heavy atom. The summed E-state index contributed by atoms with van der Waals surface area (Å²) in [4.78, 5) is 23.4. The molecule has 0 N–H and O–H groups in total. The third-order valence-electron chi connectivity index (χ3n) is 5.18. The van der Waals surface area contributed by atoms with E-state index in [-0.39, 0.29) is 12.3 Å². The fourth-order valence-corrected chi connectivity index (χ4v) is 4.08. The molecule has 0 spiro atoms. The first-order chi connectivity index (χ1) is 13.3. The minimum atomic E-state index is -1.99. The zero-order valence-corrected chi connectivity index (χ0v) is 16.3. The van der Waals surface area contributed by atoms with Crippen LogP contribution in [-0.4, -0.2) is 57.5 Å². The van der Waals surface area contributed by atoms with Gasteiger partial charge in [-0.25, -0.2) is 0 Å². The summed E-state index contributed by atoms with van der Waals surface area (Å²) >= 11 is 0. The molecule has 0 radical (unpaired) electrons. The summed E-state index contributed by atoms with van der Waals surface area (Å²) in [5.74, 6) is -5.58. The number of nitriles is 1. The zero-order chi connectivity index (χ0) is 21.2. The molecule has 0 saturated heterocycles. The van der Waals surface area contributed by atoms with Crippen LogP contribution in [0, 0.1) is 26.9 Å². The lowest BCUT2D eigenvalue weighted by Crippen LogP contribution is -2.85. The number of esters is 1. The predicted molar refractivity (Wildman–Crippen MR) is 94.0 cm³/mol. The third-order valence-corrected chi connectivity index (χ3v) is 5.18. The van der Waals surface area contributed by atoms with Gasteiger partial charge in [-0.05, 0) is 12.5 Å². The average Bonchev–Trinajstić information content (AvgIpc) is 2.70. The van der Waals surface area contributed by atoms with Crippen LogP contribution in [0.5, 0.6) is 0 Å². The van der Waals surface area contributed by atoms with Crippen molar-refractivity contribution in [1.29, 1.82) is 5.26 Å². The van der Waals surface area contributed by atoms with Crippen LogP contribution in [-0.2, 0) is 28.5 Å². The van der Waals surface area contributed by atoms with E-state index in [0.717, 1.165) is 0 Å². The summed E-state index contributed by atoms with van der Waals surface area (Å²) in [5.41, 5.74) is -1.75. The van der Waals surface area contributed by atoms with Crippen molar-refractivity contribution in [2.45, 2.75) is 24.4 Å². The van der Waals surface area contributed by atoms with E-state index in [1.54, 1.807) is 6.92 Å². The number of hydrogen-bond donors (Lipinski definition) is 0. The maximum atomic E-state index is 13.0. The standard InChI is InChI=1S/C18H22N2O8/c1-6-28-15(21)16(11-19)14(12-7-9-13(10-8-12)20(22)23)17(24-2,25-3)18(16,26-4)27-5/h7-10,14H,6H2,1-5H3/t14-,16+/m0/s1. The second kappa shape index (κ2) is 7.81. The molecule has 152 valence electrons. The van der Waals surface area contributed by atoms with Gasteiger partial charge in [0, 0.05) is 40.6 Å². The Kier molecular flexibility index (Phi) is 6.06. The number of rotatable bonds is 8. The van der Waals surface area contributed by atoms with Crippen molar-refractivity contribution < 1.29 is 33.4 Å². The highest BCUT2D eigenvalue weighted by atomic mass is 16.8. The lowest BCUT2D eigenvalue weighted by atomic mass is 9.49. The van der Waals surface area contributed by atoms with Crippen LogP contribution in [0.3, 0.4) is 0 Å². The Labute approximate surface area is 162 Å². The molecule has 10 heteroatoms. The van der Waals surface area contributed by atoms with Gasteiger partial charge in [0.2, 0.25) is 11.2 Å². The Hall–Kier alpha value is -2.58. The maximum absolute atomic E-state index is 13.0. The molecule has 2 atom stereocenters. The molecule has 0 unspecified atom stereocenters. The summed E-state index contributed by atoms with van der Waals surface area (Å²) in [5, 5.41) is 21.1. The van der Waals surface area contributed by atoms with Crippen molar-refractivity contribution in [3.8, 4) is 6.07 Å². The number of carbonyl (C=O) groups excluding carboxylic acids is 1. The van der Waals surface area contributed by atoms with E-state index in [0.29, 0.717) is 5.56 Å². The molecule has 1 fully saturated rings. The summed E-state index contributed by atoms with van der Waals surface area (Å²) in [6.45, 7) is 1.62. The van der Waals surface area contributed by atoms with Gasteiger partial charge in [0.05, 0.1) is 23.5 Å². The Morgan fingerprint density at radius 2 is 1.68 bits per heavy atom. The molecule has 0 aromatic heterocycles. The van der Waals surface area contributed by atoms with Crippen molar-refractivity contribution in [2.24, 2.45) is 5.41 Å². The van der Waals surface area contributed by atoms with Crippen LogP contribution in [0.1, 0.15) is 18.4 Å². The average molecular weight is 394 g/mol. The monoisotopic (exact) mass is 394 g/mol. The highest BCUT2D eigenvalue weighted by molar-refractivity contribution is 5.86. The number of hydrogen-bond acceptors (Lipinski definition) is 9. The molecule has 0 heterocycles. The lowest BCUT2D eigenvalue weighted by molar-refractivity contribution is -0.483. The van der Waals surface area contributed by atoms with E-state index in [1.807, 2.05) is 6.07 Å². The maximum Gasteiger partial charge on any atom is 0.333 e. The van der Waals surface area contributed by atoms with Gasteiger partial charge in [0.1, 0.15) is 0 Å². The quantitative estimate of drug-likeness (QED) is 0.280. The summed E-state index contributed by atoms with van der Waals surface area (Å²) < 4.78 is 27.3. The molecule has 1 aliphatic carbocycles. The number of nitrogens with zero attached hydrogens (tertiary/aromatic N) is 2. The number of methoxy groups -OCH3 is 4. The van der Waals surface area contributed by atoms with Gasteiger partial charge >= 0.3 is 5.97 Å². The number of nitro benzene ring substituents is 1. The second-order valence-corrected chi connectivity index (χ2v) is 6.02. The molecular weight excluding hydrogens is 372 g/mol. The fraction of sp³-hybridized carbons (Fsp3) is 0.556. The molecule has 0 bridgehead atoms. The molecule has 0 amide bonds. The van der Waals surface area contributed by atoms with Gasteiger partial charge in [-0.3, -0.25) is 14.9 Å². The number of nitro groups is 1. The minimum Gasteiger partial charge on any atom is -0.465 e. The van der Waals surface area contributed by atoms with Crippen molar-refractivity contribution in [2.75, 3.05) is 35.0 Å². The van der Waals surface area contributed by atoms with Crippen molar-refractivity contribution in [3.05, 3.63) is 39.9 Å². The number of ether oxygens (including phenoxy) is 5. The minimum absolute atomic E-state index is 0.0196. The predicted octanol–water partition coefficient (Wildman–Crippen LogP) is 1.74. The van der Waals surface area contributed by atoms with Crippen LogP contribution in [0.25, 0.3) is 0 Å². The van der Waals surface area contributed by atoms with Crippen LogP contribution < -0.4 is 0 Å². The summed E-state index contributed by atoms with van der Waals surface area (Å²) in [7, 11) is 5.16. The molecular formula is C18H22N2O8. The van der Waals surface area contributed by atoms with E-state index in [1.165, 1.54) is 52.7 Å². The molecule has 1 saturated carbocycles. The number of benzene rings is 1. The van der Waals surface area contributed by atoms with Gasteiger partial charge in [-0.15, -0.1) is 0 Å². The molecule has 28 heavy (non-hydrogen) atoms. The van der Waals surface area contributed by atoms with E-state index in [4.69, 9.17) is 23.7 Å². The largest absolute Gasteiger partial charge is 0.465 e. The van der Waals surface area contributed by atoms with Crippen LogP contribution in [0.4, 0.5) is 5.69 Å². The van der Waals surface area contributed by atoms with Crippen molar-refractivity contribution in [1.82, 2.24) is 0 Å². The second-order valence-electron chi connectivity index (χ2n) is 6.02. The van der Waals surface area contributed by atoms with Gasteiger partial charge in [-0.1, -0.05) is 12.1 Å². The van der Waals surface area contributed by atoms with Gasteiger partial charge in [-0.2, -0.15) is 5.26 Å². The first-order valence-corrected chi connectivity index (χ1v) is 8.35. The number of non-ortho nitro benzene ring substituents is 1. The molecule has 2 rings (SSSR count). The Morgan fingerprint density at radius 1 is 1.14 bits per heavy atom. The summed E-state index contributed by atoms with van der Waals surface area (Å²) in [6.07, 6.45) is 0. The smallest absolute Gasteiger partial charge is 0.333 e. The summed E-state index contributed by atoms with van der Waals surface area (Å²) in [6, 6.07) is 7.36. The van der Waals surface area contributed by atoms with Crippen LogP contribution >= 0.6 is 0 Å². The van der Waals surface area contributed by atoms with E-state index in [2.05, 4.69) is 0 Å². The fourth-order valence-electron chi connectivity index (χ4n) is 4.08. The molecule has 1 aromatic carbocycles. The highest BCUT2D eigenvalue weighted by Crippen LogP contribution is 2.69. The Bertz CT molecular complexity index is 780. The SMILES string of the molecule is CCOC(=O)[C@@]1(C#N)[C@H](c2ccc([N+](=O)[O-])cc2)C(OC)(OC)C1(OC)OC. The van der Waals surface area contributed by atoms with Gasteiger partial charge in [0.15, 0.2) is 0 Å². The van der Waals surface area contributed by atoms with E-state index >= 15 is 0 Å². The van der Waals surface area contributed by atoms with Crippen molar-refractivity contribution >= 4 is 11.7 Å². The molecule has 10 nitrogen and oxygen atoms in total. The first kappa shape index (κ1) is 21.7. The van der Waals surface area contributed by atoms with Gasteiger partial charge in [0.25, 0.3) is 11.5 Å². The van der Waals surface area contributed by atoms with E-state index < -0.39 is 33.8 Å². The zero-order valence-electron chi connectivity index (χ0n) is 16.3. The molecule has 1 aromatic rings. The number of carbonyl (C=O) groups is 1. The first-order valence-electron chi connectivity index (χ1n) is 8.35. The molecule has 0 aliphatic heterocycles. The third kappa shape index (κ3) is 2.44. The Balaban J connectivity index is 2.78. The van der Waals surface area contributed by atoms with Gasteiger partial charge < -0.3 is 23.7 Å². The van der Waals surface area contributed by atoms with Crippen molar-refractivity contribution in [3.63, 3.8) is 0 Å². The normalized spacial score (nSPS) is 24.6. The lowest BCUT2D eigenvalue weighted by Gasteiger charge is -2.66. The molecule has 1 aliphatic rings. The topological polar surface area (TPSA) is 130 Å². The van der Waals surface area contributed by atoms with Crippen LogP contribution in [0.15, 0.2) is 24.3 Å². The van der Waals surface area contributed by atoms with E-state index in [9.17, 15) is 20.2 Å².